The fraction of sp³-hybridized carbons (Fsp3) is 0.400. The van der Waals surface area contributed by atoms with Crippen LogP contribution in [0.15, 0.2) is 32.6 Å². The van der Waals surface area contributed by atoms with E-state index in [0.717, 1.165) is 0 Å². The number of likely N-dealkylation sites (N-methyl/N-ethyl adjacent to an activating group) is 2. The van der Waals surface area contributed by atoms with Gasteiger partial charge >= 0.3 is 6.03 Å². The minimum atomic E-state index is -0.335. The second-order valence-electron chi connectivity index (χ2n) is 5.52. The van der Waals surface area contributed by atoms with E-state index in [2.05, 4.69) is 10.4 Å². The zero-order valence-corrected chi connectivity index (χ0v) is 14.1. The van der Waals surface area contributed by atoms with Gasteiger partial charge in [-0.15, -0.1) is 0 Å². The van der Waals surface area contributed by atoms with Gasteiger partial charge in [-0.25, -0.2) is 9.79 Å². The Bertz CT molecular complexity index is 945. The molecule has 2 atom stereocenters. The van der Waals surface area contributed by atoms with E-state index >= 15 is 0 Å². The maximum atomic E-state index is 12.6. The summed E-state index contributed by atoms with van der Waals surface area (Å²) in [6, 6.07) is 3.50. The topological polar surface area (TPSA) is 83.1 Å². The van der Waals surface area contributed by atoms with Crippen molar-refractivity contribution in [3.63, 3.8) is 0 Å². The first-order valence-electron chi connectivity index (χ1n) is 7.82. The number of rotatable bonds is 3. The molecule has 0 aliphatic carbocycles. The van der Waals surface area contributed by atoms with E-state index in [-0.39, 0.29) is 23.9 Å². The first kappa shape index (κ1) is 15.0. The zero-order chi connectivity index (χ0) is 16.8. The maximum absolute atomic E-state index is 12.6. The predicted octanol–water partition coefficient (Wildman–Crippen LogP) is -0.0621. The van der Waals surface area contributed by atoms with Gasteiger partial charge in [0.15, 0.2) is 12.3 Å². The standard InChI is InChI=1S/C15H17N5O3S/c1-3-18-11-12(19(4-2)15(18)22)17-20-13(21)10(24-14(20)16-11)8-9-6-5-7-23-9/h5-8,11-12,17H,3-4H2,1-2H3/b10-8-. The molecule has 2 unspecified atom stereocenters. The molecule has 0 bridgehead atoms. The van der Waals surface area contributed by atoms with Crippen molar-refractivity contribution in [1.82, 2.24) is 14.5 Å². The quantitative estimate of drug-likeness (QED) is 0.843. The minimum absolute atomic E-state index is 0.0585. The van der Waals surface area contributed by atoms with Crippen molar-refractivity contribution in [1.29, 1.82) is 0 Å². The van der Waals surface area contributed by atoms with Gasteiger partial charge in [-0.3, -0.25) is 20.0 Å². The number of fused-ring (bicyclic) bond motifs is 2. The van der Waals surface area contributed by atoms with Crippen molar-refractivity contribution in [2.24, 2.45) is 4.99 Å². The molecule has 2 aliphatic heterocycles. The smallest absolute Gasteiger partial charge is 0.323 e. The molecule has 0 aromatic carbocycles. The Labute approximate surface area is 141 Å². The third-order valence-electron chi connectivity index (χ3n) is 4.24. The number of furan rings is 1. The van der Waals surface area contributed by atoms with E-state index in [4.69, 9.17) is 4.42 Å². The Morgan fingerprint density at radius 1 is 1.33 bits per heavy atom. The van der Waals surface area contributed by atoms with Crippen LogP contribution in [0.3, 0.4) is 0 Å². The predicted molar refractivity (Wildman–Crippen MR) is 88.7 cm³/mol. The van der Waals surface area contributed by atoms with Crippen LogP contribution in [0.1, 0.15) is 19.6 Å². The largest absolute Gasteiger partial charge is 0.465 e. The summed E-state index contributed by atoms with van der Waals surface area (Å²) in [7, 11) is 0. The number of urea groups is 1. The Kier molecular flexibility index (Phi) is 3.45. The monoisotopic (exact) mass is 347 g/mol. The molecular formula is C15H17N5O3S. The lowest BCUT2D eigenvalue weighted by molar-refractivity contribution is 0.189. The summed E-state index contributed by atoms with van der Waals surface area (Å²) in [5, 5.41) is 0. The molecule has 2 aromatic rings. The molecule has 24 heavy (non-hydrogen) atoms. The van der Waals surface area contributed by atoms with E-state index in [1.165, 1.54) is 16.0 Å². The number of hydrogen-bond acceptors (Lipinski definition) is 6. The van der Waals surface area contributed by atoms with Gasteiger partial charge in [0.1, 0.15) is 10.3 Å². The second-order valence-corrected chi connectivity index (χ2v) is 6.53. The summed E-state index contributed by atoms with van der Waals surface area (Å²) in [5.74, 6) is 0.618. The highest BCUT2D eigenvalue weighted by atomic mass is 32.1. The van der Waals surface area contributed by atoms with Gasteiger partial charge in [0.2, 0.25) is 4.80 Å². The van der Waals surface area contributed by atoms with Crippen LogP contribution >= 0.6 is 11.3 Å². The molecule has 1 fully saturated rings. The van der Waals surface area contributed by atoms with Crippen LogP contribution in [0.4, 0.5) is 4.79 Å². The van der Waals surface area contributed by atoms with Crippen LogP contribution in [0.25, 0.3) is 6.08 Å². The van der Waals surface area contributed by atoms with Gasteiger partial charge in [-0.1, -0.05) is 11.3 Å². The van der Waals surface area contributed by atoms with Gasteiger partial charge in [0.25, 0.3) is 5.56 Å². The first-order valence-corrected chi connectivity index (χ1v) is 8.64. The third-order valence-corrected chi connectivity index (χ3v) is 5.22. The van der Waals surface area contributed by atoms with Crippen molar-refractivity contribution in [3.8, 4) is 0 Å². The SMILES string of the molecule is CCN1C(=O)N(CC)C2Nn3c(s/c(=C\c4ccco4)c3=O)=NC21. The minimum Gasteiger partial charge on any atom is -0.465 e. The number of carbonyl (C=O) groups excluding carboxylic acids is 1. The summed E-state index contributed by atoms with van der Waals surface area (Å²) in [6.07, 6.45) is 2.61. The molecule has 9 heteroatoms. The number of hydrogen-bond donors (Lipinski definition) is 1. The van der Waals surface area contributed by atoms with Gasteiger partial charge in [0, 0.05) is 19.2 Å². The molecule has 2 aromatic heterocycles. The Morgan fingerprint density at radius 3 is 2.79 bits per heavy atom. The average molecular weight is 347 g/mol. The van der Waals surface area contributed by atoms with Crippen LogP contribution < -0.4 is 20.3 Å². The van der Waals surface area contributed by atoms with Crippen LogP contribution in [0.5, 0.6) is 0 Å². The van der Waals surface area contributed by atoms with E-state index in [1.807, 2.05) is 13.8 Å². The molecule has 1 saturated heterocycles. The maximum Gasteiger partial charge on any atom is 0.323 e. The lowest BCUT2D eigenvalue weighted by Gasteiger charge is -2.28. The molecule has 0 spiro atoms. The highest BCUT2D eigenvalue weighted by Gasteiger charge is 2.46. The average Bonchev–Trinajstić information content (AvgIpc) is 3.24. The molecule has 1 N–H and O–H groups in total. The molecule has 0 saturated carbocycles. The summed E-state index contributed by atoms with van der Waals surface area (Å²) >= 11 is 1.28. The molecule has 8 nitrogen and oxygen atoms in total. The van der Waals surface area contributed by atoms with Crippen LogP contribution in [0.2, 0.25) is 0 Å². The van der Waals surface area contributed by atoms with Crippen molar-refractivity contribution in [2.45, 2.75) is 26.2 Å². The van der Waals surface area contributed by atoms with Gasteiger partial charge in [-0.05, 0) is 26.0 Å². The molecule has 126 valence electrons. The molecule has 0 radical (unpaired) electrons. The van der Waals surface area contributed by atoms with E-state index in [0.29, 0.717) is 28.2 Å². The Hall–Kier alpha value is -2.55. The third kappa shape index (κ3) is 2.08. The number of nitrogens with one attached hydrogen (secondary N) is 1. The normalized spacial score (nSPS) is 23.1. The van der Waals surface area contributed by atoms with E-state index in [1.54, 1.807) is 34.3 Å². The van der Waals surface area contributed by atoms with Gasteiger partial charge in [0.05, 0.1) is 6.26 Å². The highest BCUT2D eigenvalue weighted by Crippen LogP contribution is 2.23. The summed E-state index contributed by atoms with van der Waals surface area (Å²) < 4.78 is 7.23. The Morgan fingerprint density at radius 2 is 2.12 bits per heavy atom. The van der Waals surface area contributed by atoms with Crippen molar-refractivity contribution in [2.75, 3.05) is 18.5 Å². The number of nitrogens with zero attached hydrogens (tertiary/aromatic N) is 4. The summed E-state index contributed by atoms with van der Waals surface area (Å²) in [4.78, 5) is 33.7. The van der Waals surface area contributed by atoms with Gasteiger partial charge < -0.3 is 4.42 Å². The summed E-state index contributed by atoms with van der Waals surface area (Å²) in [6.45, 7) is 4.97. The molecule has 4 heterocycles. The molecule has 4 rings (SSSR count). The number of aromatic nitrogens is 1. The van der Waals surface area contributed by atoms with E-state index < -0.39 is 0 Å². The van der Waals surface area contributed by atoms with Crippen LogP contribution in [-0.2, 0) is 0 Å². The summed E-state index contributed by atoms with van der Waals surface area (Å²) in [5.41, 5.74) is 2.97. The van der Waals surface area contributed by atoms with Crippen LogP contribution in [-0.4, -0.2) is 45.9 Å². The number of amides is 2. The van der Waals surface area contributed by atoms with Crippen LogP contribution in [0, 0.1) is 0 Å². The fourth-order valence-corrected chi connectivity index (χ4v) is 4.02. The number of carbonyl (C=O) groups is 1. The Balaban J connectivity index is 1.83. The van der Waals surface area contributed by atoms with Gasteiger partial charge in [-0.2, -0.15) is 4.68 Å². The lowest BCUT2D eigenvalue weighted by atomic mass is 10.3. The van der Waals surface area contributed by atoms with Crippen molar-refractivity contribution >= 4 is 23.4 Å². The molecule has 2 aliphatic rings. The second kappa shape index (κ2) is 5.52. The highest BCUT2D eigenvalue weighted by molar-refractivity contribution is 7.07. The number of thiazole rings is 1. The fourth-order valence-electron chi connectivity index (χ4n) is 3.08. The van der Waals surface area contributed by atoms with E-state index in [9.17, 15) is 9.59 Å². The first-order chi connectivity index (χ1) is 11.6. The lowest BCUT2D eigenvalue weighted by Crippen LogP contribution is -2.55. The van der Waals surface area contributed by atoms with Crippen molar-refractivity contribution in [3.05, 3.63) is 43.8 Å². The molecule has 2 amide bonds. The molecular weight excluding hydrogens is 330 g/mol. The van der Waals surface area contributed by atoms with Crippen molar-refractivity contribution < 1.29 is 9.21 Å². The zero-order valence-electron chi connectivity index (χ0n) is 13.3.